The van der Waals surface area contributed by atoms with Gasteiger partial charge in [0, 0.05) is 24.8 Å². The zero-order valence-corrected chi connectivity index (χ0v) is 50.5. The fourth-order valence-electron chi connectivity index (χ4n) is 8.43. The van der Waals surface area contributed by atoms with Gasteiger partial charge in [-0.25, -0.2) is 4.98 Å². The minimum atomic E-state index is -1.64. The zero-order valence-electron chi connectivity index (χ0n) is 48.9. The van der Waals surface area contributed by atoms with Gasteiger partial charge in [0.25, 0.3) is 0 Å². The van der Waals surface area contributed by atoms with Gasteiger partial charge in [0.1, 0.15) is 41.3 Å². The van der Waals surface area contributed by atoms with Crippen LogP contribution in [0.4, 0.5) is 0 Å². The van der Waals surface area contributed by atoms with E-state index in [0.717, 1.165) is 5.03 Å². The molecule has 0 saturated heterocycles. The van der Waals surface area contributed by atoms with Crippen LogP contribution in [-0.4, -0.2) is 154 Å². The molecule has 0 fully saturated rings. The quantitative estimate of drug-likeness (QED) is 0.0163. The molecule has 0 bridgehead atoms. The summed E-state index contributed by atoms with van der Waals surface area (Å²) in [7, 11) is 2.68. The smallest absolute Gasteiger partial charge is 0.245 e. The van der Waals surface area contributed by atoms with E-state index in [1.165, 1.54) is 28.5 Å². The summed E-state index contributed by atoms with van der Waals surface area (Å²) in [5.74, 6) is -8.81. The number of hydrogen-bond acceptors (Lipinski definition) is 18. The third-order valence-corrected chi connectivity index (χ3v) is 15.6. The van der Waals surface area contributed by atoms with Gasteiger partial charge >= 0.3 is 0 Å². The lowest BCUT2D eigenvalue weighted by atomic mass is 9.93. The summed E-state index contributed by atoms with van der Waals surface area (Å²) in [6.07, 6.45) is 3.32. The van der Waals surface area contributed by atoms with E-state index in [-0.39, 0.29) is 49.7 Å². The maximum Gasteiger partial charge on any atom is 0.245 e. The molecule has 2 aromatic carbocycles. The summed E-state index contributed by atoms with van der Waals surface area (Å²) in [6, 6.07) is 11.3. The fourth-order valence-corrected chi connectivity index (χ4v) is 10.5. The summed E-state index contributed by atoms with van der Waals surface area (Å²) >= 11 is 0. The summed E-state index contributed by atoms with van der Waals surface area (Å²) in [5.41, 5.74) is 15.1. The molecular formula is C58H86N12O12S2. The molecule has 0 saturated carbocycles. The highest BCUT2D eigenvalue weighted by Gasteiger charge is 2.36. The molecule has 8 amide bonds. The largest absolute Gasteiger partial charge is 0.394 e. The number of nitrogens with two attached hydrogens (primary N) is 2. The highest BCUT2D eigenvalue weighted by atomic mass is 33.1. The molecule has 3 aromatic rings. The van der Waals surface area contributed by atoms with Gasteiger partial charge in [-0.15, -0.1) is 0 Å². The maximum absolute atomic E-state index is 14.3. The van der Waals surface area contributed by atoms with E-state index < -0.39 is 132 Å². The average molecular weight is 1210 g/mol. The van der Waals surface area contributed by atoms with Crippen molar-refractivity contribution in [2.45, 2.75) is 159 Å². The van der Waals surface area contributed by atoms with Crippen molar-refractivity contribution in [3.63, 3.8) is 0 Å². The van der Waals surface area contributed by atoms with E-state index in [2.05, 4.69) is 47.5 Å². The minimum absolute atomic E-state index is 0.0345. The Kier molecular flexibility index (Phi) is 32.5. The molecule has 0 radical (unpaired) electrons. The number of unbranched alkanes of at least 4 members (excludes halogenated alkanes) is 1. The van der Waals surface area contributed by atoms with Crippen molar-refractivity contribution < 1.29 is 58.3 Å². The highest BCUT2D eigenvalue weighted by molar-refractivity contribution is 8.76. The Morgan fingerprint density at radius 1 is 0.571 bits per heavy atom. The molecule has 15 N–H and O–H groups in total. The third-order valence-electron chi connectivity index (χ3n) is 13.3. The number of benzene rings is 2. The van der Waals surface area contributed by atoms with Crippen molar-refractivity contribution in [3.05, 3.63) is 96.2 Å². The number of rotatable bonds is 39. The molecular weight excluding hydrogens is 1120 g/mol. The number of Topliss-reactive ketones (excluding diaryl/α,β-unsaturated/α-hetero) is 2. The van der Waals surface area contributed by atoms with E-state index in [0.29, 0.717) is 36.9 Å². The molecule has 462 valence electrons. The average Bonchev–Trinajstić information content (AvgIpc) is 3.69. The number of carbonyl (C=O) groups is 10. The van der Waals surface area contributed by atoms with Crippen LogP contribution in [0.15, 0.2) is 90.1 Å². The SMILES string of the molecule is CC[C@H](C)[C@H](NC(=O)C(CCCCN)NC(=O)[C@@H](N)CSSc1ccccn1)C(=O)NC(Cc1ccccc1)C(=O)NCC(=O)NC(CO)C(=O)N[C@@H](CC(C)C)C(=O)NC(C)C(=O)N[C@@H](Cc1ccccc1)C(=O)C(=O)[C@H](CC(C)C)NO. The van der Waals surface area contributed by atoms with Crippen molar-refractivity contribution in [2.24, 2.45) is 29.2 Å². The summed E-state index contributed by atoms with van der Waals surface area (Å²) in [4.78, 5) is 141. The van der Waals surface area contributed by atoms with E-state index >= 15 is 0 Å². The Balaban J connectivity index is 1.71. The van der Waals surface area contributed by atoms with Gasteiger partial charge in [0.2, 0.25) is 58.8 Å². The van der Waals surface area contributed by atoms with Crippen LogP contribution >= 0.6 is 21.6 Å². The van der Waals surface area contributed by atoms with Crippen molar-refractivity contribution in [1.29, 1.82) is 0 Å². The van der Waals surface area contributed by atoms with Gasteiger partial charge in [-0.05, 0) is 97.4 Å². The molecule has 0 aliphatic carbocycles. The lowest BCUT2D eigenvalue weighted by Gasteiger charge is -2.29. The lowest BCUT2D eigenvalue weighted by Crippen LogP contribution is -2.60. The minimum Gasteiger partial charge on any atom is -0.394 e. The number of aromatic nitrogens is 1. The van der Waals surface area contributed by atoms with Crippen LogP contribution in [0.5, 0.6) is 0 Å². The predicted octanol–water partition coefficient (Wildman–Crippen LogP) is 0.909. The summed E-state index contributed by atoms with van der Waals surface area (Å²) < 4.78 is 0. The van der Waals surface area contributed by atoms with Crippen molar-refractivity contribution in [2.75, 3.05) is 25.4 Å². The Morgan fingerprint density at radius 3 is 1.67 bits per heavy atom. The Hall–Kier alpha value is -6.81. The number of hydroxylamine groups is 1. The second-order valence-corrected chi connectivity index (χ2v) is 23.7. The number of carbonyl (C=O) groups excluding carboxylic acids is 10. The predicted molar refractivity (Wildman–Crippen MR) is 320 cm³/mol. The first-order chi connectivity index (χ1) is 40.0. The van der Waals surface area contributed by atoms with Crippen LogP contribution < -0.4 is 59.5 Å². The summed E-state index contributed by atoms with van der Waals surface area (Å²) in [5, 5.41) is 41.4. The van der Waals surface area contributed by atoms with Crippen LogP contribution in [0.25, 0.3) is 0 Å². The first-order valence-corrected chi connectivity index (χ1v) is 30.6. The number of ketones is 2. The molecule has 84 heavy (non-hydrogen) atoms. The first-order valence-electron chi connectivity index (χ1n) is 28.2. The molecule has 0 spiro atoms. The molecule has 3 rings (SSSR count). The normalized spacial score (nSPS) is 14.8. The molecule has 1 heterocycles. The van der Waals surface area contributed by atoms with Crippen LogP contribution in [-0.2, 0) is 60.8 Å². The van der Waals surface area contributed by atoms with Gasteiger partial charge in [0.05, 0.1) is 31.3 Å². The Labute approximate surface area is 499 Å². The van der Waals surface area contributed by atoms with E-state index in [1.807, 2.05) is 24.5 Å². The molecule has 0 aliphatic heterocycles. The number of hydrogen-bond donors (Lipinski definition) is 13. The maximum atomic E-state index is 14.3. The molecule has 1 aromatic heterocycles. The molecule has 0 aliphatic rings. The number of pyridine rings is 1. The van der Waals surface area contributed by atoms with Crippen LogP contribution in [0.2, 0.25) is 0 Å². The van der Waals surface area contributed by atoms with E-state index in [1.54, 1.807) is 108 Å². The third kappa shape index (κ3) is 25.6. The van der Waals surface area contributed by atoms with Gasteiger partial charge in [-0.3, -0.25) is 47.9 Å². The number of nitrogens with zero attached hydrogens (tertiary/aromatic N) is 1. The van der Waals surface area contributed by atoms with Gasteiger partial charge < -0.3 is 64.3 Å². The van der Waals surface area contributed by atoms with Crippen molar-refractivity contribution >= 4 is 80.4 Å². The van der Waals surface area contributed by atoms with Crippen LogP contribution in [0.3, 0.4) is 0 Å². The van der Waals surface area contributed by atoms with E-state index in [9.17, 15) is 58.3 Å². The standard InChI is InChI=1S/C58H86N12O12S2/c1-8-36(6)49(69-55(78)41(23-15-17-25-59)65-53(76)40(60)33-83-84-48-24-16-18-26-61-48)58(81)68-45(30-39-21-13-10-14-22-39)54(77)62-31-47(72)64-46(32-71)57(80)67-44(28-35(4)5)56(79)63-37(7)52(75)66-42(29-38-19-11-9-12-20-38)50(73)51(74)43(70-82)27-34(2)3/h9-14,16,18-22,24,26,34-37,40-46,49,70-71,82H,8,15,17,23,25,27-33,59-60H2,1-7H3,(H,62,77)(H,63,79)(H,64,72)(H,65,76)(H,66,75)(H,67,80)(H,68,81)(H,69,78)/t36-,37?,40-,41?,42-,43-,44-,45?,46?,49-/m0/s1. The lowest BCUT2D eigenvalue weighted by molar-refractivity contribution is -0.142. The molecule has 4 unspecified atom stereocenters. The van der Waals surface area contributed by atoms with Crippen molar-refractivity contribution in [1.82, 2.24) is 53.0 Å². The first kappa shape index (κ1) is 71.5. The fraction of sp³-hybridized carbons (Fsp3) is 0.534. The van der Waals surface area contributed by atoms with E-state index in [4.69, 9.17) is 11.5 Å². The molecule has 10 atom stereocenters. The number of aliphatic hydroxyl groups excluding tert-OH is 1. The number of aliphatic hydroxyl groups is 1. The second-order valence-electron chi connectivity index (χ2n) is 21.3. The monoisotopic (exact) mass is 1210 g/mol. The highest BCUT2D eigenvalue weighted by Crippen LogP contribution is 2.29. The molecule has 24 nitrogen and oxygen atoms in total. The van der Waals surface area contributed by atoms with Crippen LogP contribution in [0, 0.1) is 17.8 Å². The van der Waals surface area contributed by atoms with Crippen LogP contribution in [0.1, 0.15) is 98.1 Å². The number of amides is 8. The van der Waals surface area contributed by atoms with Crippen molar-refractivity contribution in [3.8, 4) is 0 Å². The Morgan fingerprint density at radius 2 is 1.11 bits per heavy atom. The van der Waals surface area contributed by atoms with Gasteiger partial charge in [-0.2, -0.15) is 5.48 Å². The molecule has 26 heteroatoms. The van der Waals surface area contributed by atoms with Gasteiger partial charge in [0.15, 0.2) is 0 Å². The van der Waals surface area contributed by atoms with Gasteiger partial charge in [-0.1, -0.05) is 125 Å². The summed E-state index contributed by atoms with van der Waals surface area (Å²) in [6.45, 7) is 10.7. The topological polar surface area (TPSA) is 384 Å². The second kappa shape index (κ2) is 38.2. The zero-order chi connectivity index (χ0) is 62.3. The number of nitrogens with one attached hydrogen (secondary N) is 9. The Bertz CT molecular complexity index is 2590.